The van der Waals surface area contributed by atoms with Gasteiger partial charge in [0.15, 0.2) is 29.1 Å². The van der Waals surface area contributed by atoms with E-state index in [0.717, 1.165) is 0 Å². The molecule has 0 spiro atoms. The fourth-order valence-electron chi connectivity index (χ4n) is 2.17. The minimum atomic E-state index is -1.41. The predicted octanol–water partition coefficient (Wildman–Crippen LogP) is 1.85. The second kappa shape index (κ2) is 9.00. The van der Waals surface area contributed by atoms with Crippen LogP contribution in [0, 0.1) is 0 Å². The lowest BCUT2D eigenvalue weighted by molar-refractivity contribution is -0.108. The molecule has 2 aromatic rings. The molecular formula is C18H22O7. The third-order valence-corrected chi connectivity index (χ3v) is 3.46. The molecular weight excluding hydrogens is 328 g/mol. The molecule has 0 bridgehead atoms. The third-order valence-electron chi connectivity index (χ3n) is 3.46. The summed E-state index contributed by atoms with van der Waals surface area (Å²) in [6, 6.07) is 11.8. The van der Waals surface area contributed by atoms with E-state index in [-0.39, 0.29) is 0 Å². The normalized spacial score (nSPS) is 12.8. The van der Waals surface area contributed by atoms with E-state index in [4.69, 9.17) is 23.7 Å². The molecule has 0 saturated carbocycles. The van der Waals surface area contributed by atoms with E-state index >= 15 is 0 Å². The minimum absolute atomic E-state index is 0.340. The van der Waals surface area contributed by atoms with Gasteiger partial charge in [-0.3, -0.25) is 0 Å². The van der Waals surface area contributed by atoms with Crippen LogP contribution in [0.3, 0.4) is 0 Å². The summed E-state index contributed by atoms with van der Waals surface area (Å²) in [4.78, 5) is 0. The Labute approximate surface area is 146 Å². The molecule has 2 N–H and O–H groups in total. The number of para-hydroxylation sites is 2. The van der Waals surface area contributed by atoms with E-state index < -0.39 is 19.0 Å². The van der Waals surface area contributed by atoms with Crippen molar-refractivity contribution < 1.29 is 33.9 Å². The molecule has 2 rings (SSSR count). The maximum Gasteiger partial charge on any atom is 0.237 e. The number of benzene rings is 2. The highest BCUT2D eigenvalue weighted by atomic mass is 16.6. The Hall–Kier alpha value is -2.64. The minimum Gasteiger partial charge on any atom is -0.493 e. The Morgan fingerprint density at radius 1 is 0.800 bits per heavy atom. The highest BCUT2D eigenvalue weighted by Gasteiger charge is 2.24. The molecule has 2 atom stereocenters. The number of aliphatic hydroxyl groups is 2. The van der Waals surface area contributed by atoms with E-state index in [9.17, 15) is 10.2 Å². The second-order valence-electron chi connectivity index (χ2n) is 5.01. The number of ether oxygens (including phenoxy) is 5. The SMILES string of the molecule is COc1ccc(OC(O)C(CO)Oc2ccccc2OC)cc1OC. The summed E-state index contributed by atoms with van der Waals surface area (Å²) in [5.41, 5.74) is 0. The molecule has 0 aliphatic rings. The summed E-state index contributed by atoms with van der Waals surface area (Å²) in [5.74, 6) is 2.21. The maximum absolute atomic E-state index is 10.3. The summed E-state index contributed by atoms with van der Waals surface area (Å²) in [5, 5.41) is 19.8. The molecule has 7 heteroatoms. The summed E-state index contributed by atoms with van der Waals surface area (Å²) in [6.07, 6.45) is -2.42. The quantitative estimate of drug-likeness (QED) is 0.668. The molecule has 0 amide bonds. The van der Waals surface area contributed by atoms with Gasteiger partial charge in [-0.25, -0.2) is 0 Å². The molecule has 0 radical (unpaired) electrons. The van der Waals surface area contributed by atoms with Gasteiger partial charge in [0.25, 0.3) is 0 Å². The summed E-state index contributed by atoms with van der Waals surface area (Å²) in [7, 11) is 4.53. The highest BCUT2D eigenvalue weighted by Crippen LogP contribution is 2.32. The summed E-state index contributed by atoms with van der Waals surface area (Å²) in [6.45, 7) is -0.452. The Bertz CT molecular complexity index is 674. The van der Waals surface area contributed by atoms with E-state index in [0.29, 0.717) is 28.7 Å². The Morgan fingerprint density at radius 3 is 2.00 bits per heavy atom. The average Bonchev–Trinajstić information content (AvgIpc) is 2.66. The van der Waals surface area contributed by atoms with Gasteiger partial charge >= 0.3 is 0 Å². The first-order valence-electron chi connectivity index (χ1n) is 7.60. The smallest absolute Gasteiger partial charge is 0.237 e. The van der Waals surface area contributed by atoms with E-state index in [1.54, 1.807) is 42.5 Å². The zero-order valence-corrected chi connectivity index (χ0v) is 14.3. The Morgan fingerprint density at radius 2 is 1.40 bits per heavy atom. The van der Waals surface area contributed by atoms with Gasteiger partial charge in [-0.05, 0) is 24.3 Å². The van der Waals surface area contributed by atoms with Crippen LogP contribution in [-0.2, 0) is 0 Å². The number of rotatable bonds is 9. The molecule has 0 aliphatic carbocycles. The summed E-state index contributed by atoms with van der Waals surface area (Å²) >= 11 is 0. The molecule has 0 aromatic heterocycles. The fourth-order valence-corrected chi connectivity index (χ4v) is 2.17. The van der Waals surface area contributed by atoms with Crippen molar-refractivity contribution in [2.24, 2.45) is 0 Å². The van der Waals surface area contributed by atoms with Crippen molar-refractivity contribution in [1.82, 2.24) is 0 Å². The molecule has 136 valence electrons. The molecule has 2 unspecified atom stereocenters. The fraction of sp³-hybridized carbons (Fsp3) is 0.333. The Balaban J connectivity index is 2.10. The topological polar surface area (TPSA) is 86.6 Å². The number of hydrogen-bond acceptors (Lipinski definition) is 7. The monoisotopic (exact) mass is 350 g/mol. The van der Waals surface area contributed by atoms with Crippen LogP contribution >= 0.6 is 0 Å². The van der Waals surface area contributed by atoms with Crippen LogP contribution < -0.4 is 23.7 Å². The maximum atomic E-state index is 10.3. The lowest BCUT2D eigenvalue weighted by Crippen LogP contribution is -2.39. The van der Waals surface area contributed by atoms with Gasteiger partial charge in [0, 0.05) is 6.07 Å². The van der Waals surface area contributed by atoms with Crippen LogP contribution in [-0.4, -0.2) is 50.5 Å². The zero-order valence-electron chi connectivity index (χ0n) is 14.3. The van der Waals surface area contributed by atoms with E-state index in [1.165, 1.54) is 21.3 Å². The lowest BCUT2D eigenvalue weighted by atomic mass is 10.3. The molecule has 7 nitrogen and oxygen atoms in total. The van der Waals surface area contributed by atoms with Gasteiger partial charge in [0.1, 0.15) is 5.75 Å². The van der Waals surface area contributed by atoms with Crippen molar-refractivity contribution in [3.8, 4) is 28.7 Å². The van der Waals surface area contributed by atoms with E-state index in [1.807, 2.05) is 0 Å². The molecule has 0 aliphatic heterocycles. The van der Waals surface area contributed by atoms with Crippen LogP contribution in [0.5, 0.6) is 28.7 Å². The first kappa shape index (κ1) is 18.7. The van der Waals surface area contributed by atoms with Crippen LogP contribution in [0.4, 0.5) is 0 Å². The van der Waals surface area contributed by atoms with E-state index in [2.05, 4.69) is 0 Å². The van der Waals surface area contributed by atoms with Crippen molar-refractivity contribution in [1.29, 1.82) is 0 Å². The first-order chi connectivity index (χ1) is 12.1. The van der Waals surface area contributed by atoms with Crippen LogP contribution in [0.2, 0.25) is 0 Å². The van der Waals surface area contributed by atoms with Gasteiger partial charge in [0.2, 0.25) is 6.29 Å². The van der Waals surface area contributed by atoms with Crippen LogP contribution in [0.25, 0.3) is 0 Å². The van der Waals surface area contributed by atoms with Crippen molar-refractivity contribution >= 4 is 0 Å². The van der Waals surface area contributed by atoms with Crippen molar-refractivity contribution in [3.63, 3.8) is 0 Å². The van der Waals surface area contributed by atoms with Gasteiger partial charge < -0.3 is 33.9 Å². The summed E-state index contributed by atoms with van der Waals surface area (Å²) < 4.78 is 26.6. The van der Waals surface area contributed by atoms with Gasteiger partial charge in [0.05, 0.1) is 27.9 Å². The van der Waals surface area contributed by atoms with Crippen LogP contribution in [0.1, 0.15) is 0 Å². The third kappa shape index (κ3) is 4.68. The molecule has 0 heterocycles. The Kier molecular flexibility index (Phi) is 6.73. The largest absolute Gasteiger partial charge is 0.493 e. The van der Waals surface area contributed by atoms with Gasteiger partial charge in [-0.2, -0.15) is 0 Å². The molecule has 25 heavy (non-hydrogen) atoms. The number of methoxy groups -OCH3 is 3. The standard InChI is InChI=1S/C18H22O7/c1-21-13-6-4-5-7-15(13)25-17(11-19)18(20)24-12-8-9-14(22-2)16(10-12)23-3/h4-10,17-20H,11H2,1-3H3. The van der Waals surface area contributed by atoms with Crippen LogP contribution in [0.15, 0.2) is 42.5 Å². The number of hydrogen-bond donors (Lipinski definition) is 2. The van der Waals surface area contributed by atoms with Gasteiger partial charge in [-0.15, -0.1) is 0 Å². The zero-order chi connectivity index (χ0) is 18.2. The van der Waals surface area contributed by atoms with Crippen molar-refractivity contribution in [2.45, 2.75) is 12.4 Å². The number of aliphatic hydroxyl groups excluding tert-OH is 2. The predicted molar refractivity (Wildman–Crippen MR) is 90.7 cm³/mol. The average molecular weight is 350 g/mol. The van der Waals surface area contributed by atoms with Crippen molar-refractivity contribution in [2.75, 3.05) is 27.9 Å². The van der Waals surface area contributed by atoms with Crippen molar-refractivity contribution in [3.05, 3.63) is 42.5 Å². The first-order valence-corrected chi connectivity index (χ1v) is 7.60. The molecule has 0 fully saturated rings. The molecule has 2 aromatic carbocycles. The lowest BCUT2D eigenvalue weighted by Gasteiger charge is -2.24. The van der Waals surface area contributed by atoms with Gasteiger partial charge in [-0.1, -0.05) is 12.1 Å². The molecule has 0 saturated heterocycles. The second-order valence-corrected chi connectivity index (χ2v) is 5.01. The highest BCUT2D eigenvalue weighted by molar-refractivity contribution is 5.45.